The summed E-state index contributed by atoms with van der Waals surface area (Å²) >= 11 is 4.49. The Kier molecular flexibility index (Phi) is 7.12. The van der Waals surface area contributed by atoms with Crippen molar-refractivity contribution in [3.05, 3.63) is 70.5 Å². The molecule has 3 heterocycles. The Morgan fingerprint density at radius 2 is 1.88 bits per heavy atom. The van der Waals surface area contributed by atoms with Gasteiger partial charge in [-0.25, -0.2) is 0 Å². The van der Waals surface area contributed by atoms with E-state index in [1.807, 2.05) is 24.8 Å². The summed E-state index contributed by atoms with van der Waals surface area (Å²) in [6, 6.07) is 3.82. The van der Waals surface area contributed by atoms with Crippen molar-refractivity contribution in [2.75, 3.05) is 11.4 Å². The molecule has 0 aliphatic carbocycles. The van der Waals surface area contributed by atoms with Gasteiger partial charge in [0.2, 0.25) is 0 Å². The van der Waals surface area contributed by atoms with Crippen molar-refractivity contribution >= 4 is 52.3 Å². The number of anilines is 1. The van der Waals surface area contributed by atoms with E-state index in [1.165, 1.54) is 40.9 Å². The smallest absolute Gasteiger partial charge is 0.335 e. The predicted molar refractivity (Wildman–Crippen MR) is 135 cm³/mol. The van der Waals surface area contributed by atoms with E-state index in [1.54, 1.807) is 22.0 Å². The Bertz CT molecular complexity index is 1430. The first-order valence-corrected chi connectivity index (χ1v) is 13.5. The largest absolute Gasteiger partial charge is 0.416 e. The van der Waals surface area contributed by atoms with Gasteiger partial charge in [0.05, 0.1) is 32.3 Å². The Hall–Kier alpha value is -2.30. The van der Waals surface area contributed by atoms with Gasteiger partial charge in [0.25, 0.3) is 10.6 Å². The Labute approximate surface area is 208 Å². The number of nitrogens with zero attached hydrogens (tertiary/aromatic N) is 3. The summed E-state index contributed by atoms with van der Waals surface area (Å²) in [5.74, 6) is 0. The maximum Gasteiger partial charge on any atom is 0.416 e. The molecule has 0 radical (unpaired) electrons. The number of hydrogen-bond donors (Lipinski definition) is 0. The van der Waals surface area contributed by atoms with E-state index in [0.717, 1.165) is 32.2 Å². The second-order valence-electron chi connectivity index (χ2n) is 7.66. The van der Waals surface area contributed by atoms with Crippen LogP contribution in [0.2, 0.25) is 0 Å². The highest BCUT2D eigenvalue weighted by Gasteiger charge is 2.33. The van der Waals surface area contributed by atoms with Gasteiger partial charge in [0.15, 0.2) is 5.69 Å². The number of aromatic nitrogens is 2. The molecule has 0 amide bonds. The molecule has 4 nitrogen and oxygen atoms in total. The molecular weight excluding hydrogens is 499 g/mol. The van der Waals surface area contributed by atoms with Crippen molar-refractivity contribution in [3.63, 3.8) is 0 Å². The van der Waals surface area contributed by atoms with Gasteiger partial charge in [0.1, 0.15) is 11.2 Å². The van der Waals surface area contributed by atoms with Crippen molar-refractivity contribution < 1.29 is 17.7 Å². The zero-order valence-corrected chi connectivity index (χ0v) is 21.7. The summed E-state index contributed by atoms with van der Waals surface area (Å²) in [4.78, 5) is 15.7. The summed E-state index contributed by atoms with van der Waals surface area (Å²) in [6.07, 6.45) is 1.29. The first kappa shape index (κ1) is 24.8. The lowest BCUT2D eigenvalue weighted by Crippen LogP contribution is -2.37. The van der Waals surface area contributed by atoms with Gasteiger partial charge in [-0.1, -0.05) is 23.1 Å². The van der Waals surface area contributed by atoms with Crippen LogP contribution in [-0.2, 0) is 19.3 Å². The standard InChI is InChI=1S/C24H25F3N3OS3/c1-5-28-15(4)14-32-21(28)13-22-30(7-3)23(31)19(34-22)10-11-20-29(6-2)17-12-16(24(25,26)27)8-9-18(17)33-20/h8-14H,5-7H2,1-4H3/q+1/b19-10+,20-11+. The molecule has 0 saturated carbocycles. The van der Waals surface area contributed by atoms with Gasteiger partial charge in [-0.3, -0.25) is 9.36 Å². The summed E-state index contributed by atoms with van der Waals surface area (Å²) < 4.78 is 45.0. The van der Waals surface area contributed by atoms with Crippen LogP contribution < -0.4 is 24.2 Å². The van der Waals surface area contributed by atoms with Crippen LogP contribution in [0.25, 0.3) is 12.2 Å². The number of rotatable bonds is 5. The predicted octanol–water partition coefficient (Wildman–Crippen LogP) is 4.71. The van der Waals surface area contributed by atoms with Crippen LogP contribution in [0, 0.1) is 6.92 Å². The van der Waals surface area contributed by atoms with Crippen LogP contribution in [0.15, 0.2) is 44.4 Å². The van der Waals surface area contributed by atoms with E-state index >= 15 is 0 Å². The highest BCUT2D eigenvalue weighted by Crippen LogP contribution is 2.47. The number of alkyl halides is 3. The van der Waals surface area contributed by atoms with E-state index in [-0.39, 0.29) is 5.56 Å². The van der Waals surface area contributed by atoms with Crippen LogP contribution in [0.1, 0.15) is 37.0 Å². The van der Waals surface area contributed by atoms with Crippen molar-refractivity contribution in [1.29, 1.82) is 0 Å². The average Bonchev–Trinajstić information content (AvgIpc) is 3.43. The minimum atomic E-state index is -4.39. The van der Waals surface area contributed by atoms with Crippen molar-refractivity contribution in [1.82, 2.24) is 4.57 Å². The zero-order valence-electron chi connectivity index (χ0n) is 19.3. The lowest BCUT2D eigenvalue weighted by molar-refractivity contribution is -0.696. The molecule has 0 unspecified atom stereocenters. The maximum atomic E-state index is 13.2. The van der Waals surface area contributed by atoms with Crippen molar-refractivity contribution in [2.45, 2.75) is 51.9 Å². The average molecular weight is 525 g/mol. The van der Waals surface area contributed by atoms with Crippen LogP contribution in [-0.4, -0.2) is 11.1 Å². The summed E-state index contributed by atoms with van der Waals surface area (Å²) in [5.41, 5.74) is 1.01. The third-order valence-corrected chi connectivity index (χ3v) is 8.86. The summed E-state index contributed by atoms with van der Waals surface area (Å²) in [7, 11) is 0. The normalized spacial score (nSPS) is 16.2. The molecule has 0 atom stereocenters. The molecule has 34 heavy (non-hydrogen) atoms. The highest BCUT2D eigenvalue weighted by molar-refractivity contribution is 8.03. The quantitative estimate of drug-likeness (QED) is 0.453. The monoisotopic (exact) mass is 524 g/mol. The molecule has 0 spiro atoms. The SMILES string of the molecule is CCN1/C(=C\C=c2\s/c(=C\c3scc(C)[n+]3CC)n(CC)c2=O)Sc2ccc(C(F)(F)F)cc21. The fraction of sp³-hybridized carbons (Fsp3) is 0.333. The van der Waals surface area contributed by atoms with Crippen LogP contribution >= 0.6 is 34.4 Å². The number of aryl methyl sites for hydroxylation is 1. The van der Waals surface area contributed by atoms with Gasteiger partial charge in [0, 0.05) is 24.9 Å². The van der Waals surface area contributed by atoms with Crippen molar-refractivity contribution in [3.8, 4) is 0 Å². The van der Waals surface area contributed by atoms with Gasteiger partial charge in [-0.15, -0.1) is 11.3 Å². The molecule has 180 valence electrons. The third-order valence-electron chi connectivity index (χ3n) is 5.61. The molecule has 1 aliphatic heterocycles. The topological polar surface area (TPSA) is 29.1 Å². The summed E-state index contributed by atoms with van der Waals surface area (Å²) in [6.45, 7) is 9.95. The molecule has 4 rings (SSSR count). The van der Waals surface area contributed by atoms with E-state index in [0.29, 0.717) is 23.3 Å². The molecule has 0 fully saturated rings. The van der Waals surface area contributed by atoms with Gasteiger partial charge in [-0.2, -0.15) is 17.7 Å². The Morgan fingerprint density at radius 3 is 2.53 bits per heavy atom. The second-order valence-corrected chi connectivity index (χ2v) is 10.7. The molecule has 0 saturated heterocycles. The van der Waals surface area contributed by atoms with E-state index in [9.17, 15) is 18.0 Å². The highest BCUT2D eigenvalue weighted by atomic mass is 32.2. The molecule has 3 aromatic rings. The fourth-order valence-corrected chi connectivity index (χ4v) is 7.13. The molecular formula is C24H25F3N3OS3+. The lowest BCUT2D eigenvalue weighted by Gasteiger charge is -2.18. The van der Waals surface area contributed by atoms with Crippen molar-refractivity contribution in [2.24, 2.45) is 0 Å². The minimum Gasteiger partial charge on any atom is -0.335 e. The first-order valence-electron chi connectivity index (χ1n) is 11.0. The van der Waals surface area contributed by atoms with Crippen LogP contribution in [0.4, 0.5) is 18.9 Å². The molecule has 2 aromatic heterocycles. The Morgan fingerprint density at radius 1 is 1.12 bits per heavy atom. The molecule has 1 aromatic carbocycles. The van der Waals surface area contributed by atoms with Gasteiger partial charge in [-0.05, 0) is 51.1 Å². The number of thiazole rings is 2. The molecule has 0 bridgehead atoms. The second kappa shape index (κ2) is 9.75. The zero-order chi connectivity index (χ0) is 24.6. The number of halogens is 3. The molecule has 1 aliphatic rings. The lowest BCUT2D eigenvalue weighted by atomic mass is 10.2. The Balaban J connectivity index is 1.76. The maximum absolute atomic E-state index is 13.2. The third kappa shape index (κ3) is 4.63. The van der Waals surface area contributed by atoms with E-state index in [4.69, 9.17) is 0 Å². The number of thioether (sulfide) groups is 1. The van der Waals surface area contributed by atoms with E-state index in [2.05, 4.69) is 29.9 Å². The first-order chi connectivity index (χ1) is 16.2. The summed E-state index contributed by atoms with van der Waals surface area (Å²) in [5, 5.41) is 4.00. The van der Waals surface area contributed by atoms with Gasteiger partial charge >= 0.3 is 6.18 Å². The number of fused-ring (bicyclic) bond motifs is 1. The van der Waals surface area contributed by atoms with E-state index < -0.39 is 11.7 Å². The van der Waals surface area contributed by atoms with Crippen LogP contribution in [0.3, 0.4) is 0 Å². The number of benzene rings is 1. The number of allylic oxidation sites excluding steroid dienone is 1. The number of hydrogen-bond acceptors (Lipinski definition) is 5. The van der Waals surface area contributed by atoms with Gasteiger partial charge < -0.3 is 4.90 Å². The molecule has 0 N–H and O–H groups in total. The van der Waals surface area contributed by atoms with Crippen LogP contribution in [0.5, 0.6) is 0 Å². The minimum absolute atomic E-state index is 0.0603. The fourth-order valence-electron chi connectivity index (χ4n) is 3.90. The molecule has 10 heteroatoms.